The normalized spacial score (nSPS) is 10.6. The zero-order valence-corrected chi connectivity index (χ0v) is 11.1. The van der Waals surface area contributed by atoms with Gasteiger partial charge < -0.3 is 5.32 Å². The number of thiazole rings is 1. The van der Waals surface area contributed by atoms with Gasteiger partial charge in [0, 0.05) is 17.0 Å². The summed E-state index contributed by atoms with van der Waals surface area (Å²) in [7, 11) is 0. The number of carbonyl (C=O) groups is 1. The summed E-state index contributed by atoms with van der Waals surface area (Å²) in [6.07, 6.45) is 1.70. The van der Waals surface area contributed by atoms with Crippen molar-refractivity contribution in [3.8, 4) is 0 Å². The molecule has 0 aliphatic rings. The number of benzene rings is 1. The Bertz CT molecular complexity index is 811. The van der Waals surface area contributed by atoms with Crippen LogP contribution in [0.1, 0.15) is 5.69 Å². The molecule has 0 aliphatic carbocycles. The van der Waals surface area contributed by atoms with E-state index in [1.165, 1.54) is 11.3 Å². The molecule has 1 aromatic carbocycles. The van der Waals surface area contributed by atoms with E-state index in [0.29, 0.717) is 21.6 Å². The fourth-order valence-corrected chi connectivity index (χ4v) is 2.45. The number of nitrogens with one attached hydrogen (secondary N) is 2. The summed E-state index contributed by atoms with van der Waals surface area (Å²) in [5, 5.41) is 12.6. The second-order valence-corrected chi connectivity index (χ2v) is 5.00. The van der Waals surface area contributed by atoms with Gasteiger partial charge in [-0.3, -0.25) is 9.59 Å². The minimum atomic E-state index is -0.260. The highest BCUT2D eigenvalue weighted by Gasteiger charge is 2.11. The van der Waals surface area contributed by atoms with E-state index >= 15 is 0 Å². The van der Waals surface area contributed by atoms with E-state index < -0.39 is 0 Å². The van der Waals surface area contributed by atoms with Crippen molar-refractivity contribution in [2.75, 3.05) is 5.32 Å². The zero-order chi connectivity index (χ0) is 13.9. The Morgan fingerprint density at radius 1 is 1.30 bits per heavy atom. The van der Waals surface area contributed by atoms with Crippen LogP contribution in [0.3, 0.4) is 0 Å². The Labute approximate surface area is 117 Å². The molecule has 0 unspecified atom stereocenters. The molecule has 0 saturated heterocycles. The number of aromatic nitrogens is 3. The molecule has 0 aliphatic heterocycles. The predicted octanol–water partition coefficient (Wildman–Crippen LogP) is 1.56. The average molecular weight is 286 g/mol. The molecule has 0 fully saturated rings. The van der Waals surface area contributed by atoms with Crippen LogP contribution in [0.2, 0.25) is 0 Å². The summed E-state index contributed by atoms with van der Waals surface area (Å²) in [5.74, 6) is -0.218. The first-order valence-corrected chi connectivity index (χ1v) is 6.77. The van der Waals surface area contributed by atoms with E-state index in [-0.39, 0.29) is 17.9 Å². The zero-order valence-electron chi connectivity index (χ0n) is 10.3. The molecule has 6 nitrogen and oxygen atoms in total. The first-order valence-electron chi connectivity index (χ1n) is 5.89. The molecule has 100 valence electrons. The van der Waals surface area contributed by atoms with Crippen molar-refractivity contribution in [1.29, 1.82) is 0 Å². The smallest absolute Gasteiger partial charge is 0.272 e. The van der Waals surface area contributed by atoms with Crippen molar-refractivity contribution in [2.24, 2.45) is 0 Å². The number of nitrogens with zero attached hydrogens (tertiary/aromatic N) is 2. The second kappa shape index (κ2) is 5.22. The second-order valence-electron chi connectivity index (χ2n) is 4.11. The number of amides is 1. The Kier molecular flexibility index (Phi) is 3.26. The molecule has 2 aromatic heterocycles. The first-order chi connectivity index (χ1) is 9.74. The monoisotopic (exact) mass is 286 g/mol. The lowest BCUT2D eigenvalue weighted by molar-refractivity contribution is -0.115. The van der Waals surface area contributed by atoms with E-state index in [4.69, 9.17) is 0 Å². The molecule has 7 heteroatoms. The van der Waals surface area contributed by atoms with Gasteiger partial charge in [0.05, 0.1) is 17.5 Å². The molecule has 1 amide bonds. The molecule has 0 saturated carbocycles. The number of anilines is 1. The van der Waals surface area contributed by atoms with E-state index in [1.807, 2.05) is 6.07 Å². The van der Waals surface area contributed by atoms with E-state index in [2.05, 4.69) is 20.5 Å². The van der Waals surface area contributed by atoms with Crippen LogP contribution in [0, 0.1) is 0 Å². The highest BCUT2D eigenvalue weighted by Crippen LogP contribution is 2.14. The number of aromatic amines is 1. The Morgan fingerprint density at radius 3 is 2.85 bits per heavy atom. The fraction of sp³-hybridized carbons (Fsp3) is 0.0769. The lowest BCUT2D eigenvalue weighted by atomic mass is 10.1. The summed E-state index contributed by atoms with van der Waals surface area (Å²) in [4.78, 5) is 27.6. The van der Waals surface area contributed by atoms with Gasteiger partial charge in [-0.1, -0.05) is 18.2 Å². The molecule has 2 heterocycles. The lowest BCUT2D eigenvalue weighted by Gasteiger charge is -2.04. The molecule has 3 aromatic rings. The fourth-order valence-electron chi connectivity index (χ4n) is 1.91. The van der Waals surface area contributed by atoms with Crippen molar-refractivity contribution < 1.29 is 4.79 Å². The van der Waals surface area contributed by atoms with Gasteiger partial charge in [-0.05, 0) is 6.07 Å². The number of H-pyrrole nitrogens is 1. The Morgan fingerprint density at radius 2 is 2.10 bits per heavy atom. The molecular formula is C13H10N4O2S. The SMILES string of the molecule is O=C(Cc1n[nH]c(=O)c2ccccc12)Nc1nccs1. The van der Waals surface area contributed by atoms with E-state index in [1.54, 1.807) is 29.8 Å². The van der Waals surface area contributed by atoms with Crippen molar-refractivity contribution >= 4 is 33.1 Å². The molecule has 2 N–H and O–H groups in total. The van der Waals surface area contributed by atoms with Crippen LogP contribution in [0.25, 0.3) is 10.8 Å². The number of carbonyl (C=O) groups excluding carboxylic acids is 1. The van der Waals surface area contributed by atoms with Crippen LogP contribution in [-0.4, -0.2) is 21.1 Å². The summed E-state index contributed by atoms with van der Waals surface area (Å²) in [5.41, 5.74) is 0.277. The third-order valence-corrected chi connectivity index (χ3v) is 3.47. The number of hydrogen-bond acceptors (Lipinski definition) is 5. The van der Waals surface area contributed by atoms with Gasteiger partial charge in [0.15, 0.2) is 5.13 Å². The molecule has 0 atom stereocenters. The third-order valence-electron chi connectivity index (χ3n) is 2.78. The van der Waals surface area contributed by atoms with Crippen LogP contribution in [0.4, 0.5) is 5.13 Å². The van der Waals surface area contributed by atoms with Gasteiger partial charge in [0.1, 0.15) is 0 Å². The largest absolute Gasteiger partial charge is 0.302 e. The highest BCUT2D eigenvalue weighted by atomic mass is 32.1. The summed E-state index contributed by atoms with van der Waals surface area (Å²) >= 11 is 1.35. The Balaban J connectivity index is 1.89. The predicted molar refractivity (Wildman–Crippen MR) is 76.8 cm³/mol. The third kappa shape index (κ3) is 2.43. The quantitative estimate of drug-likeness (QED) is 0.765. The van der Waals surface area contributed by atoms with Crippen LogP contribution in [0.5, 0.6) is 0 Å². The molecule has 0 radical (unpaired) electrons. The van der Waals surface area contributed by atoms with Crippen LogP contribution in [-0.2, 0) is 11.2 Å². The van der Waals surface area contributed by atoms with Crippen molar-refractivity contribution in [2.45, 2.75) is 6.42 Å². The summed E-state index contributed by atoms with van der Waals surface area (Å²) in [6, 6.07) is 7.07. The first kappa shape index (κ1) is 12.5. The van der Waals surface area contributed by atoms with Crippen LogP contribution >= 0.6 is 11.3 Å². The van der Waals surface area contributed by atoms with Crippen LogP contribution in [0.15, 0.2) is 40.6 Å². The number of hydrogen-bond donors (Lipinski definition) is 2. The van der Waals surface area contributed by atoms with Gasteiger partial charge in [0.25, 0.3) is 5.56 Å². The maximum atomic E-state index is 11.9. The summed E-state index contributed by atoms with van der Waals surface area (Å²) < 4.78 is 0. The van der Waals surface area contributed by atoms with Crippen LogP contribution < -0.4 is 10.9 Å². The van der Waals surface area contributed by atoms with Gasteiger partial charge >= 0.3 is 0 Å². The average Bonchev–Trinajstić information content (AvgIpc) is 2.95. The maximum Gasteiger partial charge on any atom is 0.272 e. The van der Waals surface area contributed by atoms with Crippen molar-refractivity contribution in [1.82, 2.24) is 15.2 Å². The molecule has 0 spiro atoms. The van der Waals surface area contributed by atoms with Gasteiger partial charge in [-0.15, -0.1) is 11.3 Å². The highest BCUT2D eigenvalue weighted by molar-refractivity contribution is 7.13. The minimum absolute atomic E-state index is 0.0802. The maximum absolute atomic E-state index is 11.9. The van der Waals surface area contributed by atoms with Gasteiger partial charge in [-0.2, -0.15) is 5.10 Å². The van der Waals surface area contributed by atoms with Crippen molar-refractivity contribution in [3.63, 3.8) is 0 Å². The lowest BCUT2D eigenvalue weighted by Crippen LogP contribution is -2.18. The Hall–Kier alpha value is -2.54. The topological polar surface area (TPSA) is 87.7 Å². The molecule has 3 rings (SSSR count). The van der Waals surface area contributed by atoms with E-state index in [0.717, 1.165) is 0 Å². The minimum Gasteiger partial charge on any atom is -0.302 e. The van der Waals surface area contributed by atoms with Gasteiger partial charge in [0.2, 0.25) is 5.91 Å². The number of rotatable bonds is 3. The molecule has 0 bridgehead atoms. The van der Waals surface area contributed by atoms with Gasteiger partial charge in [-0.25, -0.2) is 10.1 Å². The van der Waals surface area contributed by atoms with E-state index in [9.17, 15) is 9.59 Å². The summed E-state index contributed by atoms with van der Waals surface area (Å²) in [6.45, 7) is 0. The standard InChI is InChI=1S/C13H10N4O2S/c18-11(15-13-14-5-6-20-13)7-10-8-3-1-2-4-9(8)12(19)17-16-10/h1-6H,7H2,(H,17,19)(H,14,15,18). The van der Waals surface area contributed by atoms with Crippen molar-refractivity contribution in [3.05, 3.63) is 51.9 Å². The molecular weight excluding hydrogens is 276 g/mol. The molecule has 20 heavy (non-hydrogen) atoms. The number of fused-ring (bicyclic) bond motifs is 1.